The van der Waals surface area contributed by atoms with E-state index >= 15 is 0 Å². The summed E-state index contributed by atoms with van der Waals surface area (Å²) in [6.45, 7) is 3.03. The van der Waals surface area contributed by atoms with Crippen LogP contribution in [0, 0.1) is 0 Å². The van der Waals surface area contributed by atoms with Crippen LogP contribution in [0.3, 0.4) is 0 Å². The highest BCUT2D eigenvalue weighted by molar-refractivity contribution is 6.02. The minimum absolute atomic E-state index is 0.450. The summed E-state index contributed by atoms with van der Waals surface area (Å²) < 4.78 is 15.3. The average molecular weight is 250 g/mol. The lowest BCUT2D eigenvalue weighted by atomic mass is 9.97. The van der Waals surface area contributed by atoms with Gasteiger partial charge in [-0.25, -0.2) is 0 Å². The molecule has 1 aliphatic heterocycles. The zero-order chi connectivity index (χ0) is 13.3. The summed E-state index contributed by atoms with van der Waals surface area (Å²) in [5.41, 5.74) is 0.450. The molecule has 1 aromatic carbocycles. The molecular weight excluding hydrogens is 236 g/mol. The molecule has 1 fully saturated rings. The monoisotopic (exact) mass is 250 g/mol. The fraction of sp³-hybridized carbons (Fsp3) is 0.385. The second-order valence-electron chi connectivity index (χ2n) is 4.42. The summed E-state index contributed by atoms with van der Waals surface area (Å²) in [6, 6.07) is 6.80. The number of esters is 2. The highest BCUT2D eigenvalue weighted by Crippen LogP contribution is 2.34. The van der Waals surface area contributed by atoms with E-state index in [0.717, 1.165) is 0 Å². The van der Waals surface area contributed by atoms with Crippen molar-refractivity contribution in [3.63, 3.8) is 0 Å². The lowest BCUT2D eigenvalue weighted by Gasteiger charge is -2.33. The number of methoxy groups -OCH3 is 1. The SMILES string of the molecule is COc1ccccc1C1C(=O)OC(C)(C)OC1=O. The summed E-state index contributed by atoms with van der Waals surface area (Å²) in [7, 11) is 1.47. The summed E-state index contributed by atoms with van der Waals surface area (Å²) in [5, 5.41) is 0. The van der Waals surface area contributed by atoms with Gasteiger partial charge in [-0.3, -0.25) is 9.59 Å². The average Bonchev–Trinajstić information content (AvgIpc) is 2.27. The molecule has 18 heavy (non-hydrogen) atoms. The molecule has 0 spiro atoms. The van der Waals surface area contributed by atoms with E-state index in [1.807, 2.05) is 0 Å². The summed E-state index contributed by atoms with van der Waals surface area (Å²) in [5.74, 6) is -3.10. The quantitative estimate of drug-likeness (QED) is 0.589. The van der Waals surface area contributed by atoms with E-state index in [-0.39, 0.29) is 0 Å². The van der Waals surface area contributed by atoms with Crippen molar-refractivity contribution in [2.45, 2.75) is 25.6 Å². The first-order valence-corrected chi connectivity index (χ1v) is 5.53. The maximum Gasteiger partial charge on any atom is 0.328 e. The molecule has 1 heterocycles. The molecule has 0 bridgehead atoms. The first-order chi connectivity index (χ1) is 8.44. The lowest BCUT2D eigenvalue weighted by molar-refractivity contribution is -0.234. The zero-order valence-electron chi connectivity index (χ0n) is 10.4. The van der Waals surface area contributed by atoms with Crippen LogP contribution in [0.1, 0.15) is 25.3 Å². The van der Waals surface area contributed by atoms with E-state index in [1.54, 1.807) is 24.3 Å². The van der Waals surface area contributed by atoms with Crippen molar-refractivity contribution in [1.82, 2.24) is 0 Å². The molecule has 0 amide bonds. The number of hydrogen-bond acceptors (Lipinski definition) is 5. The van der Waals surface area contributed by atoms with Crippen molar-refractivity contribution in [3.8, 4) is 5.75 Å². The van der Waals surface area contributed by atoms with Gasteiger partial charge in [0.05, 0.1) is 7.11 Å². The third kappa shape index (κ3) is 2.16. The van der Waals surface area contributed by atoms with Crippen LogP contribution in [-0.4, -0.2) is 24.8 Å². The van der Waals surface area contributed by atoms with Gasteiger partial charge >= 0.3 is 11.9 Å². The van der Waals surface area contributed by atoms with Gasteiger partial charge in [-0.1, -0.05) is 18.2 Å². The Morgan fingerprint density at radius 1 is 1.11 bits per heavy atom. The van der Waals surface area contributed by atoms with Gasteiger partial charge in [0.15, 0.2) is 5.92 Å². The van der Waals surface area contributed by atoms with Gasteiger partial charge < -0.3 is 14.2 Å². The molecule has 5 nitrogen and oxygen atoms in total. The van der Waals surface area contributed by atoms with Crippen LogP contribution >= 0.6 is 0 Å². The topological polar surface area (TPSA) is 61.8 Å². The molecule has 5 heteroatoms. The highest BCUT2D eigenvalue weighted by Gasteiger charge is 2.45. The van der Waals surface area contributed by atoms with Gasteiger partial charge in [0, 0.05) is 19.4 Å². The van der Waals surface area contributed by atoms with Crippen molar-refractivity contribution >= 4 is 11.9 Å². The van der Waals surface area contributed by atoms with E-state index < -0.39 is 23.6 Å². The lowest BCUT2D eigenvalue weighted by Crippen LogP contribution is -2.45. The minimum atomic E-state index is -1.22. The van der Waals surface area contributed by atoms with E-state index in [4.69, 9.17) is 14.2 Å². The molecule has 1 saturated heterocycles. The largest absolute Gasteiger partial charge is 0.496 e. The van der Waals surface area contributed by atoms with E-state index in [0.29, 0.717) is 11.3 Å². The molecule has 0 unspecified atom stereocenters. The highest BCUT2D eigenvalue weighted by atomic mass is 16.7. The standard InChI is InChI=1S/C13H14O5/c1-13(2)17-11(14)10(12(15)18-13)8-6-4-5-7-9(8)16-3/h4-7,10H,1-3H3. The molecule has 0 radical (unpaired) electrons. The van der Waals surface area contributed by atoms with Crippen LogP contribution in [0.25, 0.3) is 0 Å². The van der Waals surface area contributed by atoms with Gasteiger partial charge in [0.1, 0.15) is 5.75 Å². The molecule has 0 aliphatic carbocycles. The second kappa shape index (κ2) is 4.33. The van der Waals surface area contributed by atoms with Crippen LogP contribution in [0.2, 0.25) is 0 Å². The van der Waals surface area contributed by atoms with Crippen LogP contribution in [0.15, 0.2) is 24.3 Å². The maximum atomic E-state index is 11.9. The van der Waals surface area contributed by atoms with Gasteiger partial charge in [-0.15, -0.1) is 0 Å². The Labute approximate surface area is 105 Å². The molecule has 1 aliphatic rings. The third-order valence-electron chi connectivity index (χ3n) is 2.61. The van der Waals surface area contributed by atoms with Gasteiger partial charge in [0.2, 0.25) is 0 Å². The molecule has 2 rings (SSSR count). The number of carbonyl (C=O) groups is 2. The van der Waals surface area contributed by atoms with Crippen molar-refractivity contribution in [1.29, 1.82) is 0 Å². The van der Waals surface area contributed by atoms with Crippen LogP contribution in [0.4, 0.5) is 0 Å². The Morgan fingerprint density at radius 3 is 2.22 bits per heavy atom. The number of benzene rings is 1. The summed E-state index contributed by atoms with van der Waals surface area (Å²) >= 11 is 0. The molecule has 0 N–H and O–H groups in total. The molecule has 1 aromatic rings. The van der Waals surface area contributed by atoms with Crippen molar-refractivity contribution in [3.05, 3.63) is 29.8 Å². The van der Waals surface area contributed by atoms with Gasteiger partial charge in [-0.2, -0.15) is 0 Å². The molecule has 0 aromatic heterocycles. The maximum absolute atomic E-state index is 11.9. The van der Waals surface area contributed by atoms with Gasteiger partial charge in [-0.05, 0) is 6.07 Å². The Hall–Kier alpha value is -2.04. The van der Waals surface area contributed by atoms with E-state index in [1.165, 1.54) is 21.0 Å². The molecule has 0 saturated carbocycles. The zero-order valence-corrected chi connectivity index (χ0v) is 10.4. The second-order valence-corrected chi connectivity index (χ2v) is 4.42. The van der Waals surface area contributed by atoms with Crippen molar-refractivity contribution < 1.29 is 23.8 Å². The number of cyclic esters (lactones) is 2. The molecule has 96 valence electrons. The van der Waals surface area contributed by atoms with Crippen molar-refractivity contribution in [2.75, 3.05) is 7.11 Å². The Balaban J connectivity index is 2.39. The molecule has 0 atom stereocenters. The fourth-order valence-electron chi connectivity index (χ4n) is 1.88. The Bertz CT molecular complexity index is 472. The molecular formula is C13H14O5. The van der Waals surface area contributed by atoms with Crippen molar-refractivity contribution in [2.24, 2.45) is 0 Å². The first-order valence-electron chi connectivity index (χ1n) is 5.53. The van der Waals surface area contributed by atoms with Crippen LogP contribution in [-0.2, 0) is 19.1 Å². The minimum Gasteiger partial charge on any atom is -0.496 e. The Kier molecular flexibility index (Phi) is 2.98. The van der Waals surface area contributed by atoms with Gasteiger partial charge in [0.25, 0.3) is 5.79 Å². The summed E-state index contributed by atoms with van der Waals surface area (Å²) in [6.07, 6.45) is 0. The van der Waals surface area contributed by atoms with Crippen LogP contribution < -0.4 is 4.74 Å². The number of rotatable bonds is 2. The Morgan fingerprint density at radius 2 is 1.67 bits per heavy atom. The number of hydrogen-bond donors (Lipinski definition) is 0. The van der Waals surface area contributed by atoms with E-state index in [2.05, 4.69) is 0 Å². The fourth-order valence-corrected chi connectivity index (χ4v) is 1.88. The number of carbonyl (C=O) groups excluding carboxylic acids is 2. The normalized spacial score (nSPS) is 19.1. The van der Waals surface area contributed by atoms with E-state index in [9.17, 15) is 9.59 Å². The first kappa shape index (κ1) is 12.4. The number of ether oxygens (including phenoxy) is 3. The number of para-hydroxylation sites is 1. The predicted octanol–water partition coefficient (Wildman–Crippen LogP) is 1.61. The predicted molar refractivity (Wildman–Crippen MR) is 62.0 cm³/mol. The summed E-state index contributed by atoms with van der Waals surface area (Å²) in [4.78, 5) is 23.8. The smallest absolute Gasteiger partial charge is 0.328 e. The van der Waals surface area contributed by atoms with Crippen LogP contribution in [0.5, 0.6) is 5.75 Å². The third-order valence-corrected chi connectivity index (χ3v) is 2.61.